The molecule has 1 aliphatic heterocycles. The summed E-state index contributed by atoms with van der Waals surface area (Å²) in [5.74, 6) is -0.487. The predicted molar refractivity (Wildman–Crippen MR) is 108 cm³/mol. The largest absolute Gasteiger partial charge is 0.416 e. The Labute approximate surface area is 183 Å². The van der Waals surface area contributed by atoms with E-state index in [1.54, 1.807) is 11.6 Å². The van der Waals surface area contributed by atoms with E-state index in [4.69, 9.17) is 11.6 Å². The molecule has 0 aliphatic carbocycles. The number of aromatic nitrogens is 3. The lowest BCUT2D eigenvalue weighted by Gasteiger charge is -2.32. The van der Waals surface area contributed by atoms with Gasteiger partial charge in [0.15, 0.2) is 0 Å². The first-order valence-corrected chi connectivity index (χ1v) is 10.2. The molecule has 162 valence electrons. The van der Waals surface area contributed by atoms with Gasteiger partial charge in [-0.15, -0.1) is 10.2 Å². The Kier molecular flexibility index (Phi) is 5.56. The number of aryl methyl sites for hydroxylation is 1. The summed E-state index contributed by atoms with van der Waals surface area (Å²) in [6, 6.07) is 7.61. The van der Waals surface area contributed by atoms with Crippen LogP contribution in [-0.4, -0.2) is 26.0 Å². The summed E-state index contributed by atoms with van der Waals surface area (Å²) in [5.41, 5.74) is 2.62. The van der Waals surface area contributed by atoms with Gasteiger partial charge >= 0.3 is 6.18 Å². The lowest BCUT2D eigenvalue weighted by molar-refractivity contribution is -0.137. The molecule has 0 bridgehead atoms. The second kappa shape index (κ2) is 8.04. The highest BCUT2D eigenvalue weighted by Gasteiger charge is 2.38. The number of rotatable bonds is 3. The van der Waals surface area contributed by atoms with Crippen LogP contribution in [-0.2, 0) is 11.0 Å². The Bertz CT molecular complexity index is 1140. The fourth-order valence-electron chi connectivity index (χ4n) is 3.08. The Morgan fingerprint density at radius 3 is 2.58 bits per heavy atom. The fraction of sp³-hybridized carbons (Fsp3) is 0.211. The second-order valence-corrected chi connectivity index (χ2v) is 8.26. The molecule has 2 heterocycles. The number of fused-ring (bicyclic) bond motifs is 1. The summed E-state index contributed by atoms with van der Waals surface area (Å²) in [6.45, 7) is 1.72. The van der Waals surface area contributed by atoms with Gasteiger partial charge in [0.1, 0.15) is 16.9 Å². The molecule has 0 fully saturated rings. The van der Waals surface area contributed by atoms with Crippen LogP contribution < -0.4 is 10.7 Å². The average molecular weight is 472 g/mol. The monoisotopic (exact) mass is 471 g/mol. The molecule has 0 spiro atoms. The standard InChI is InChI=1S/C19H14ClF4N5OS/c1-9-26-27-18-29(9)28-15(10-2-5-12(21)6-3-10)16(31-18)17(30)25-14-8-11(19(22,23)24)4-7-13(14)20/h2-8,15-16,28H,1H3,(H,25,30)/t15-,16-/m0/s1. The molecule has 2 aromatic carbocycles. The predicted octanol–water partition coefficient (Wildman–Crippen LogP) is 4.80. The van der Waals surface area contributed by atoms with Crippen molar-refractivity contribution in [3.8, 4) is 0 Å². The van der Waals surface area contributed by atoms with Crippen molar-refractivity contribution in [3.63, 3.8) is 0 Å². The van der Waals surface area contributed by atoms with Gasteiger partial charge in [0.2, 0.25) is 11.1 Å². The number of alkyl halides is 3. The molecule has 0 saturated carbocycles. The van der Waals surface area contributed by atoms with Gasteiger partial charge in [0.25, 0.3) is 0 Å². The quantitative estimate of drug-likeness (QED) is 0.537. The van der Waals surface area contributed by atoms with Crippen LogP contribution in [0.1, 0.15) is 23.0 Å². The minimum absolute atomic E-state index is 0.0348. The van der Waals surface area contributed by atoms with Crippen molar-refractivity contribution < 1.29 is 22.4 Å². The van der Waals surface area contributed by atoms with E-state index in [2.05, 4.69) is 20.9 Å². The molecule has 0 saturated heterocycles. The van der Waals surface area contributed by atoms with E-state index in [0.29, 0.717) is 16.5 Å². The van der Waals surface area contributed by atoms with Gasteiger partial charge in [-0.25, -0.2) is 9.07 Å². The number of amides is 1. The molecule has 3 aromatic rings. The maximum atomic E-state index is 13.4. The number of hydrogen-bond acceptors (Lipinski definition) is 5. The number of nitrogens with one attached hydrogen (secondary N) is 2. The molecule has 12 heteroatoms. The Balaban J connectivity index is 1.67. The van der Waals surface area contributed by atoms with Crippen LogP contribution in [0.2, 0.25) is 5.02 Å². The van der Waals surface area contributed by atoms with Crippen molar-refractivity contribution in [1.29, 1.82) is 0 Å². The zero-order valence-corrected chi connectivity index (χ0v) is 17.3. The van der Waals surface area contributed by atoms with Crippen LogP contribution in [0.15, 0.2) is 47.6 Å². The first kappa shape index (κ1) is 21.4. The molecule has 2 atom stereocenters. The molecule has 2 N–H and O–H groups in total. The normalized spacial score (nSPS) is 18.3. The van der Waals surface area contributed by atoms with Crippen LogP contribution in [0, 0.1) is 12.7 Å². The highest BCUT2D eigenvalue weighted by atomic mass is 35.5. The minimum Gasteiger partial charge on any atom is -0.324 e. The Morgan fingerprint density at radius 2 is 1.90 bits per heavy atom. The number of halogens is 5. The lowest BCUT2D eigenvalue weighted by Crippen LogP contribution is -2.41. The second-order valence-electron chi connectivity index (χ2n) is 6.74. The molecular weight excluding hydrogens is 458 g/mol. The number of anilines is 1. The summed E-state index contributed by atoms with van der Waals surface area (Å²) in [5, 5.41) is 9.96. The Hall–Kier alpha value is -2.79. The van der Waals surface area contributed by atoms with E-state index in [9.17, 15) is 22.4 Å². The maximum absolute atomic E-state index is 13.4. The van der Waals surface area contributed by atoms with E-state index in [1.165, 1.54) is 24.3 Å². The number of nitrogens with zero attached hydrogens (tertiary/aromatic N) is 3. The van der Waals surface area contributed by atoms with Gasteiger partial charge in [0.05, 0.1) is 22.3 Å². The number of carbonyl (C=O) groups is 1. The SMILES string of the molecule is Cc1nnc2n1N[C@@H](c1ccc(F)cc1)[C@@H](C(=O)Nc1cc(C(F)(F)F)ccc1Cl)S2. The van der Waals surface area contributed by atoms with Crippen LogP contribution in [0.5, 0.6) is 0 Å². The number of thioether (sulfide) groups is 1. The minimum atomic E-state index is -4.59. The topological polar surface area (TPSA) is 71.8 Å². The average Bonchev–Trinajstić information content (AvgIpc) is 3.08. The van der Waals surface area contributed by atoms with E-state index >= 15 is 0 Å². The van der Waals surface area contributed by atoms with Gasteiger partial charge in [-0.2, -0.15) is 13.2 Å². The fourth-order valence-corrected chi connectivity index (χ4v) is 4.37. The first-order valence-electron chi connectivity index (χ1n) is 8.92. The van der Waals surface area contributed by atoms with E-state index in [0.717, 1.165) is 30.0 Å². The number of hydrogen-bond donors (Lipinski definition) is 2. The van der Waals surface area contributed by atoms with Crippen LogP contribution in [0.25, 0.3) is 0 Å². The van der Waals surface area contributed by atoms with Crippen LogP contribution in [0.3, 0.4) is 0 Å². The van der Waals surface area contributed by atoms with Crippen LogP contribution in [0.4, 0.5) is 23.2 Å². The third kappa shape index (κ3) is 4.33. The maximum Gasteiger partial charge on any atom is 0.416 e. The molecule has 1 aliphatic rings. The van der Waals surface area contributed by atoms with Gasteiger partial charge in [-0.3, -0.25) is 4.79 Å². The molecular formula is C19H14ClF4N5OS. The van der Waals surface area contributed by atoms with Crippen molar-refractivity contribution in [2.45, 2.75) is 29.5 Å². The molecule has 4 rings (SSSR count). The lowest BCUT2D eigenvalue weighted by atomic mass is 10.0. The van der Waals surface area contributed by atoms with E-state index < -0.39 is 34.8 Å². The Morgan fingerprint density at radius 1 is 1.19 bits per heavy atom. The van der Waals surface area contributed by atoms with E-state index in [-0.39, 0.29) is 10.7 Å². The summed E-state index contributed by atoms with van der Waals surface area (Å²) < 4.78 is 54.2. The van der Waals surface area contributed by atoms with Gasteiger partial charge in [-0.05, 0) is 42.8 Å². The molecule has 31 heavy (non-hydrogen) atoms. The summed E-state index contributed by atoms with van der Waals surface area (Å²) in [6.07, 6.45) is -4.59. The third-order valence-corrected chi connectivity index (χ3v) is 6.18. The number of carbonyl (C=O) groups excluding carboxylic acids is 1. The van der Waals surface area contributed by atoms with Crippen molar-refractivity contribution >= 4 is 35.0 Å². The molecule has 6 nitrogen and oxygen atoms in total. The van der Waals surface area contributed by atoms with Crippen LogP contribution >= 0.6 is 23.4 Å². The zero-order valence-electron chi connectivity index (χ0n) is 15.7. The van der Waals surface area contributed by atoms with Gasteiger partial charge in [-0.1, -0.05) is 35.5 Å². The zero-order chi connectivity index (χ0) is 22.3. The highest BCUT2D eigenvalue weighted by molar-refractivity contribution is 8.00. The first-order chi connectivity index (χ1) is 14.6. The number of benzene rings is 2. The van der Waals surface area contributed by atoms with Crippen molar-refractivity contribution in [3.05, 3.63) is 70.3 Å². The van der Waals surface area contributed by atoms with E-state index in [1.807, 2.05) is 0 Å². The molecule has 1 amide bonds. The summed E-state index contributed by atoms with van der Waals surface area (Å²) >= 11 is 7.10. The van der Waals surface area contributed by atoms with Crippen molar-refractivity contribution in [2.24, 2.45) is 0 Å². The summed E-state index contributed by atoms with van der Waals surface area (Å²) in [4.78, 5) is 13.1. The van der Waals surface area contributed by atoms with Crippen molar-refractivity contribution in [2.75, 3.05) is 10.7 Å². The highest BCUT2D eigenvalue weighted by Crippen LogP contribution is 2.39. The molecule has 1 aromatic heterocycles. The smallest absolute Gasteiger partial charge is 0.324 e. The van der Waals surface area contributed by atoms with Gasteiger partial charge in [0, 0.05) is 0 Å². The molecule has 0 unspecified atom stereocenters. The third-order valence-electron chi connectivity index (χ3n) is 4.64. The summed E-state index contributed by atoms with van der Waals surface area (Å²) in [7, 11) is 0. The van der Waals surface area contributed by atoms with Gasteiger partial charge < -0.3 is 10.7 Å². The molecule has 0 radical (unpaired) electrons. The van der Waals surface area contributed by atoms with Crippen molar-refractivity contribution in [1.82, 2.24) is 14.9 Å².